The minimum atomic E-state index is -1.56. The number of carbonyl (C=O) groups is 2. The molecule has 0 saturated heterocycles. The van der Waals surface area contributed by atoms with E-state index in [0.717, 1.165) is 12.0 Å². The lowest BCUT2D eigenvalue weighted by atomic mass is 10.0. The van der Waals surface area contributed by atoms with Crippen LogP contribution in [0.25, 0.3) is 0 Å². The van der Waals surface area contributed by atoms with Gasteiger partial charge in [0.25, 0.3) is 5.91 Å². The number of aromatic nitrogens is 1. The highest BCUT2D eigenvalue weighted by molar-refractivity contribution is 7.13. The molecule has 0 fully saturated rings. The molecule has 8 heteroatoms. The summed E-state index contributed by atoms with van der Waals surface area (Å²) in [5, 5.41) is 7.28. The minimum Gasteiger partial charge on any atom is -0.445 e. The number of rotatable bonds is 8. The summed E-state index contributed by atoms with van der Waals surface area (Å²) in [6.45, 7) is 2.08. The Bertz CT molecular complexity index is 678. The van der Waals surface area contributed by atoms with Gasteiger partial charge in [-0.3, -0.25) is 15.4 Å². The van der Waals surface area contributed by atoms with Crippen LogP contribution in [0.15, 0.2) is 41.9 Å². The number of amides is 2. The Balaban J connectivity index is 1.97. The number of nitrogens with zero attached hydrogens (tertiary/aromatic N) is 1. The van der Waals surface area contributed by atoms with Crippen LogP contribution in [-0.2, 0) is 16.1 Å². The second kappa shape index (κ2) is 9.14. The lowest BCUT2D eigenvalue weighted by Gasteiger charge is -2.28. The topological polar surface area (TPSA) is 106 Å². The van der Waals surface area contributed by atoms with Crippen molar-refractivity contribution in [3.8, 4) is 0 Å². The van der Waals surface area contributed by atoms with Gasteiger partial charge < -0.3 is 10.5 Å². The maximum Gasteiger partial charge on any atom is 0.409 e. The van der Waals surface area contributed by atoms with Crippen molar-refractivity contribution in [1.82, 2.24) is 10.3 Å². The van der Waals surface area contributed by atoms with E-state index in [4.69, 9.17) is 10.5 Å². The molecule has 1 aromatic heterocycles. The Labute approximate surface area is 150 Å². The fraction of sp³-hybridized carbons (Fsp3) is 0.353. The van der Waals surface area contributed by atoms with Gasteiger partial charge in [0, 0.05) is 11.6 Å². The highest BCUT2D eigenvalue weighted by Crippen LogP contribution is 2.16. The quantitative estimate of drug-likeness (QED) is 0.626. The van der Waals surface area contributed by atoms with Gasteiger partial charge in [0.1, 0.15) is 6.61 Å². The lowest BCUT2D eigenvalue weighted by Crippen LogP contribution is -2.63. The smallest absolute Gasteiger partial charge is 0.409 e. The minimum absolute atomic E-state index is 0.102. The molecule has 0 saturated carbocycles. The van der Waals surface area contributed by atoms with Crippen molar-refractivity contribution >= 4 is 28.5 Å². The summed E-state index contributed by atoms with van der Waals surface area (Å²) in [7, 11) is 0. The van der Waals surface area contributed by atoms with E-state index in [0.29, 0.717) is 18.0 Å². The molecule has 0 aliphatic heterocycles. The zero-order valence-corrected chi connectivity index (χ0v) is 14.8. The SMILES string of the molecule is CCCCC(N)(NC(=O)OCc1ccccc1)C(=O)Nc1nccs1. The molecule has 0 aliphatic carbocycles. The number of nitrogens with one attached hydrogen (secondary N) is 2. The lowest BCUT2D eigenvalue weighted by molar-refractivity contribution is -0.122. The maximum atomic E-state index is 12.5. The molecular weight excluding hydrogens is 340 g/mol. The Morgan fingerprint density at radius 1 is 1.32 bits per heavy atom. The largest absolute Gasteiger partial charge is 0.445 e. The van der Waals surface area contributed by atoms with E-state index in [2.05, 4.69) is 15.6 Å². The molecule has 0 aliphatic rings. The first-order chi connectivity index (χ1) is 12.0. The monoisotopic (exact) mass is 362 g/mol. The molecule has 0 radical (unpaired) electrons. The van der Waals surface area contributed by atoms with Gasteiger partial charge in [-0.05, 0) is 18.4 Å². The van der Waals surface area contributed by atoms with Crippen LogP contribution < -0.4 is 16.4 Å². The average molecular weight is 362 g/mol. The predicted molar refractivity (Wildman–Crippen MR) is 96.9 cm³/mol. The van der Waals surface area contributed by atoms with Gasteiger partial charge in [-0.2, -0.15) is 0 Å². The first-order valence-electron chi connectivity index (χ1n) is 8.02. The van der Waals surface area contributed by atoms with Crippen molar-refractivity contribution in [2.75, 3.05) is 5.32 Å². The number of benzene rings is 1. The van der Waals surface area contributed by atoms with Crippen molar-refractivity contribution in [3.63, 3.8) is 0 Å². The molecule has 4 N–H and O–H groups in total. The number of anilines is 1. The molecule has 25 heavy (non-hydrogen) atoms. The summed E-state index contributed by atoms with van der Waals surface area (Å²) in [6.07, 6.45) is 2.65. The van der Waals surface area contributed by atoms with E-state index in [1.54, 1.807) is 11.6 Å². The number of nitrogens with two attached hydrogens (primary N) is 1. The third-order valence-electron chi connectivity index (χ3n) is 3.52. The first-order valence-corrected chi connectivity index (χ1v) is 8.90. The average Bonchev–Trinajstić information content (AvgIpc) is 3.12. The highest BCUT2D eigenvalue weighted by Gasteiger charge is 2.36. The predicted octanol–water partition coefficient (Wildman–Crippen LogP) is 2.85. The Hall–Kier alpha value is -2.45. The van der Waals surface area contributed by atoms with Crippen LogP contribution in [0.2, 0.25) is 0 Å². The number of hydrogen-bond donors (Lipinski definition) is 3. The number of hydrogen-bond acceptors (Lipinski definition) is 6. The zero-order valence-electron chi connectivity index (χ0n) is 14.0. The molecule has 2 rings (SSSR count). The molecule has 0 spiro atoms. The van der Waals surface area contributed by atoms with Crippen LogP contribution in [-0.4, -0.2) is 22.6 Å². The van der Waals surface area contributed by atoms with E-state index < -0.39 is 17.7 Å². The summed E-state index contributed by atoms with van der Waals surface area (Å²) in [4.78, 5) is 28.6. The van der Waals surface area contributed by atoms with Crippen molar-refractivity contribution in [2.45, 2.75) is 38.5 Å². The van der Waals surface area contributed by atoms with Crippen LogP contribution in [0.4, 0.5) is 9.93 Å². The Morgan fingerprint density at radius 2 is 2.08 bits per heavy atom. The van der Waals surface area contributed by atoms with E-state index in [1.807, 2.05) is 37.3 Å². The number of thiazole rings is 1. The fourth-order valence-electron chi connectivity index (χ4n) is 2.12. The molecule has 2 aromatic rings. The summed E-state index contributed by atoms with van der Waals surface area (Å²) >= 11 is 1.28. The summed E-state index contributed by atoms with van der Waals surface area (Å²) in [5.74, 6) is -0.521. The molecule has 1 aromatic carbocycles. The van der Waals surface area contributed by atoms with Crippen LogP contribution in [0.3, 0.4) is 0 Å². The molecule has 1 atom stereocenters. The summed E-state index contributed by atoms with van der Waals surface area (Å²) in [5.41, 5.74) is 5.46. The number of unbranched alkanes of at least 4 members (excludes halogenated alkanes) is 1. The first kappa shape index (κ1) is 18.9. The van der Waals surface area contributed by atoms with E-state index in [-0.39, 0.29) is 6.61 Å². The zero-order chi connectivity index (χ0) is 18.1. The third kappa shape index (κ3) is 5.84. The number of ether oxygens (including phenoxy) is 1. The second-order valence-electron chi connectivity index (χ2n) is 5.55. The van der Waals surface area contributed by atoms with E-state index in [1.165, 1.54) is 11.3 Å². The Kier molecular flexibility index (Phi) is 6.91. The van der Waals surface area contributed by atoms with Gasteiger partial charge in [-0.1, -0.05) is 43.7 Å². The van der Waals surface area contributed by atoms with Crippen molar-refractivity contribution < 1.29 is 14.3 Å². The number of carbonyl (C=O) groups excluding carboxylic acids is 2. The molecule has 7 nitrogen and oxygen atoms in total. The van der Waals surface area contributed by atoms with E-state index >= 15 is 0 Å². The highest BCUT2D eigenvalue weighted by atomic mass is 32.1. The second-order valence-corrected chi connectivity index (χ2v) is 6.45. The molecular formula is C17H22N4O3S. The van der Waals surface area contributed by atoms with Gasteiger partial charge in [0.15, 0.2) is 10.8 Å². The molecule has 2 amide bonds. The van der Waals surface area contributed by atoms with Gasteiger partial charge in [0.2, 0.25) is 0 Å². The fourth-order valence-corrected chi connectivity index (χ4v) is 2.65. The maximum absolute atomic E-state index is 12.5. The Morgan fingerprint density at radius 3 is 2.72 bits per heavy atom. The molecule has 1 unspecified atom stereocenters. The van der Waals surface area contributed by atoms with Crippen molar-refractivity contribution in [2.24, 2.45) is 5.73 Å². The van der Waals surface area contributed by atoms with Gasteiger partial charge in [-0.15, -0.1) is 11.3 Å². The number of alkyl carbamates (subject to hydrolysis) is 1. The summed E-state index contributed by atoms with van der Waals surface area (Å²) in [6, 6.07) is 9.27. The van der Waals surface area contributed by atoms with Crippen molar-refractivity contribution in [1.29, 1.82) is 0 Å². The van der Waals surface area contributed by atoms with Crippen LogP contribution >= 0.6 is 11.3 Å². The standard InChI is InChI=1S/C17H22N4O3S/c1-2-3-9-17(18,14(22)20-15-19-10-11-25-15)21-16(23)24-12-13-7-5-4-6-8-13/h4-8,10-11H,2-3,9,12,18H2,1H3,(H,21,23)(H,19,20,22). The van der Waals surface area contributed by atoms with Crippen LogP contribution in [0.5, 0.6) is 0 Å². The third-order valence-corrected chi connectivity index (χ3v) is 4.21. The summed E-state index contributed by atoms with van der Waals surface area (Å²) < 4.78 is 5.17. The van der Waals surface area contributed by atoms with Gasteiger partial charge >= 0.3 is 6.09 Å². The molecule has 1 heterocycles. The molecule has 134 valence electrons. The van der Waals surface area contributed by atoms with Gasteiger partial charge in [-0.25, -0.2) is 9.78 Å². The van der Waals surface area contributed by atoms with Crippen molar-refractivity contribution in [3.05, 3.63) is 47.5 Å². The van der Waals surface area contributed by atoms with E-state index in [9.17, 15) is 9.59 Å². The normalized spacial score (nSPS) is 12.9. The van der Waals surface area contributed by atoms with Gasteiger partial charge in [0.05, 0.1) is 0 Å². The van der Waals surface area contributed by atoms with Crippen LogP contribution in [0, 0.1) is 0 Å². The van der Waals surface area contributed by atoms with Crippen LogP contribution in [0.1, 0.15) is 31.7 Å². The molecule has 0 bridgehead atoms.